The average molecular weight is 203 g/mol. The lowest BCUT2D eigenvalue weighted by Crippen LogP contribution is -2.05. The van der Waals surface area contributed by atoms with E-state index >= 15 is 0 Å². The van der Waals surface area contributed by atoms with Crippen molar-refractivity contribution in [2.45, 2.75) is 13.3 Å². The van der Waals surface area contributed by atoms with Crippen LogP contribution in [-0.4, -0.2) is 10.5 Å². The van der Waals surface area contributed by atoms with E-state index in [4.69, 9.17) is 4.74 Å². The van der Waals surface area contributed by atoms with Gasteiger partial charge in [0.2, 0.25) is 0 Å². The average Bonchev–Trinajstić information content (AvgIpc) is 2.60. The number of fused-ring (bicyclic) bond motifs is 1. The molecular formula is C12H13NO2. The van der Waals surface area contributed by atoms with Gasteiger partial charge in [0.25, 0.3) is 0 Å². The van der Waals surface area contributed by atoms with Crippen LogP contribution in [0.2, 0.25) is 0 Å². The molecule has 0 aliphatic rings. The van der Waals surface area contributed by atoms with E-state index in [2.05, 4.69) is 0 Å². The van der Waals surface area contributed by atoms with Gasteiger partial charge in [0.15, 0.2) is 0 Å². The van der Waals surface area contributed by atoms with Crippen LogP contribution in [-0.2, 0) is 11.8 Å². The van der Waals surface area contributed by atoms with Gasteiger partial charge in [-0.3, -0.25) is 4.79 Å². The molecule has 0 saturated heterocycles. The molecule has 0 aliphatic carbocycles. The van der Waals surface area contributed by atoms with E-state index in [1.165, 1.54) is 0 Å². The highest BCUT2D eigenvalue weighted by atomic mass is 16.5. The Balaban J connectivity index is 2.35. The highest BCUT2D eigenvalue weighted by molar-refractivity contribution is 5.82. The summed E-state index contributed by atoms with van der Waals surface area (Å²) >= 11 is 0. The normalized spacial score (nSPS) is 10.5. The molecule has 78 valence electrons. The molecule has 2 aromatic rings. The molecule has 0 aliphatic heterocycles. The van der Waals surface area contributed by atoms with Crippen LogP contribution in [0.3, 0.4) is 0 Å². The second-order valence-corrected chi connectivity index (χ2v) is 3.47. The van der Waals surface area contributed by atoms with Crippen LogP contribution in [0.5, 0.6) is 5.75 Å². The molecule has 0 spiro atoms. The minimum atomic E-state index is -0.203. The summed E-state index contributed by atoms with van der Waals surface area (Å²) in [7, 11) is 1.99. The standard InChI is InChI=1S/C12H13NO2/c1-3-12(14)15-10-4-5-11-9(8-10)6-7-13(11)2/h4-8H,3H2,1-2H3. The van der Waals surface area contributed by atoms with Gasteiger partial charge in [0, 0.05) is 30.6 Å². The third-order valence-corrected chi connectivity index (χ3v) is 2.38. The number of ether oxygens (including phenoxy) is 1. The summed E-state index contributed by atoms with van der Waals surface area (Å²) in [4.78, 5) is 11.1. The van der Waals surface area contributed by atoms with Gasteiger partial charge in [-0.05, 0) is 24.3 Å². The molecular weight excluding hydrogens is 190 g/mol. The largest absolute Gasteiger partial charge is 0.427 e. The fraction of sp³-hybridized carbons (Fsp3) is 0.250. The van der Waals surface area contributed by atoms with Gasteiger partial charge in [0.05, 0.1) is 0 Å². The number of rotatable bonds is 2. The zero-order chi connectivity index (χ0) is 10.8. The van der Waals surface area contributed by atoms with Gasteiger partial charge < -0.3 is 9.30 Å². The Morgan fingerprint density at radius 3 is 2.93 bits per heavy atom. The Bertz CT molecular complexity index is 499. The summed E-state index contributed by atoms with van der Waals surface area (Å²) in [6, 6.07) is 7.64. The highest BCUT2D eigenvalue weighted by Crippen LogP contribution is 2.21. The Hall–Kier alpha value is -1.77. The minimum absolute atomic E-state index is 0.203. The number of esters is 1. The van der Waals surface area contributed by atoms with Crippen molar-refractivity contribution in [1.29, 1.82) is 0 Å². The van der Waals surface area contributed by atoms with Crippen LogP contribution in [0.1, 0.15) is 13.3 Å². The van der Waals surface area contributed by atoms with E-state index in [1.54, 1.807) is 6.92 Å². The number of benzene rings is 1. The predicted octanol–water partition coefficient (Wildman–Crippen LogP) is 2.49. The molecule has 0 fully saturated rings. The number of aromatic nitrogens is 1. The molecule has 1 aromatic heterocycles. The van der Waals surface area contributed by atoms with E-state index in [9.17, 15) is 4.79 Å². The minimum Gasteiger partial charge on any atom is -0.427 e. The lowest BCUT2D eigenvalue weighted by Gasteiger charge is -2.03. The Morgan fingerprint density at radius 2 is 2.20 bits per heavy atom. The molecule has 15 heavy (non-hydrogen) atoms. The number of hydrogen-bond donors (Lipinski definition) is 0. The first-order chi connectivity index (χ1) is 7.20. The van der Waals surface area contributed by atoms with E-state index < -0.39 is 0 Å². The first kappa shape index (κ1) is 9.77. The monoisotopic (exact) mass is 203 g/mol. The van der Waals surface area contributed by atoms with Gasteiger partial charge >= 0.3 is 5.97 Å². The lowest BCUT2D eigenvalue weighted by atomic mass is 10.2. The fourth-order valence-corrected chi connectivity index (χ4v) is 1.53. The zero-order valence-corrected chi connectivity index (χ0v) is 8.86. The summed E-state index contributed by atoms with van der Waals surface area (Å²) in [5.74, 6) is 0.408. The Kier molecular flexibility index (Phi) is 2.46. The molecule has 0 N–H and O–H groups in total. The molecule has 0 saturated carbocycles. The van der Waals surface area contributed by atoms with E-state index in [0.717, 1.165) is 10.9 Å². The van der Waals surface area contributed by atoms with Crippen molar-refractivity contribution >= 4 is 16.9 Å². The second kappa shape index (κ2) is 3.77. The fourth-order valence-electron chi connectivity index (χ4n) is 1.53. The summed E-state index contributed by atoms with van der Waals surface area (Å²) < 4.78 is 7.16. The Labute approximate surface area is 88.3 Å². The molecule has 0 bridgehead atoms. The van der Waals surface area contributed by atoms with Gasteiger partial charge in [0.1, 0.15) is 5.75 Å². The molecule has 2 rings (SSSR count). The third kappa shape index (κ3) is 1.86. The smallest absolute Gasteiger partial charge is 0.310 e. The van der Waals surface area contributed by atoms with Crippen molar-refractivity contribution in [3.8, 4) is 5.75 Å². The van der Waals surface area contributed by atoms with E-state index in [1.807, 2.05) is 42.1 Å². The van der Waals surface area contributed by atoms with Gasteiger partial charge in [-0.25, -0.2) is 0 Å². The molecule has 0 amide bonds. The molecule has 3 heteroatoms. The molecule has 1 heterocycles. The predicted molar refractivity (Wildman–Crippen MR) is 58.8 cm³/mol. The van der Waals surface area contributed by atoms with Gasteiger partial charge in [-0.15, -0.1) is 0 Å². The van der Waals surface area contributed by atoms with Crippen molar-refractivity contribution in [3.05, 3.63) is 30.5 Å². The quantitative estimate of drug-likeness (QED) is 0.554. The number of carbonyl (C=O) groups excluding carboxylic acids is 1. The summed E-state index contributed by atoms with van der Waals surface area (Å²) in [5, 5.41) is 1.08. The Morgan fingerprint density at radius 1 is 1.40 bits per heavy atom. The number of nitrogens with zero attached hydrogens (tertiary/aromatic N) is 1. The van der Waals surface area contributed by atoms with Crippen LogP contribution in [0.15, 0.2) is 30.5 Å². The first-order valence-corrected chi connectivity index (χ1v) is 4.96. The van der Waals surface area contributed by atoms with Crippen molar-refractivity contribution in [2.75, 3.05) is 0 Å². The van der Waals surface area contributed by atoms with Crippen LogP contribution < -0.4 is 4.74 Å². The molecule has 3 nitrogen and oxygen atoms in total. The van der Waals surface area contributed by atoms with Crippen LogP contribution >= 0.6 is 0 Å². The highest BCUT2D eigenvalue weighted by Gasteiger charge is 2.03. The van der Waals surface area contributed by atoms with Gasteiger partial charge in [-0.1, -0.05) is 6.92 Å². The SMILES string of the molecule is CCC(=O)Oc1ccc2c(ccn2C)c1. The maximum absolute atomic E-state index is 11.1. The van der Waals surface area contributed by atoms with Crippen LogP contribution in [0, 0.1) is 0 Å². The molecule has 0 atom stereocenters. The molecule has 1 aromatic carbocycles. The van der Waals surface area contributed by atoms with E-state index in [-0.39, 0.29) is 5.97 Å². The van der Waals surface area contributed by atoms with Crippen molar-refractivity contribution in [1.82, 2.24) is 4.57 Å². The summed E-state index contributed by atoms with van der Waals surface area (Å²) in [6.07, 6.45) is 2.38. The second-order valence-electron chi connectivity index (χ2n) is 3.47. The first-order valence-electron chi connectivity index (χ1n) is 4.96. The van der Waals surface area contributed by atoms with Crippen molar-refractivity contribution in [2.24, 2.45) is 7.05 Å². The lowest BCUT2D eigenvalue weighted by molar-refractivity contribution is -0.134. The summed E-state index contributed by atoms with van der Waals surface area (Å²) in [5.41, 5.74) is 1.13. The number of aryl methyl sites for hydroxylation is 1. The maximum Gasteiger partial charge on any atom is 0.310 e. The maximum atomic E-state index is 11.1. The topological polar surface area (TPSA) is 31.2 Å². The van der Waals surface area contributed by atoms with Crippen LogP contribution in [0.4, 0.5) is 0 Å². The number of carbonyl (C=O) groups is 1. The zero-order valence-electron chi connectivity index (χ0n) is 8.86. The van der Waals surface area contributed by atoms with E-state index in [0.29, 0.717) is 12.2 Å². The number of hydrogen-bond acceptors (Lipinski definition) is 2. The van der Waals surface area contributed by atoms with Gasteiger partial charge in [-0.2, -0.15) is 0 Å². The van der Waals surface area contributed by atoms with Crippen LogP contribution in [0.25, 0.3) is 10.9 Å². The van der Waals surface area contributed by atoms with Crippen molar-refractivity contribution in [3.63, 3.8) is 0 Å². The summed E-state index contributed by atoms with van der Waals surface area (Å²) in [6.45, 7) is 1.78. The third-order valence-electron chi connectivity index (χ3n) is 2.38. The molecule has 0 radical (unpaired) electrons. The molecule has 0 unspecified atom stereocenters. The van der Waals surface area contributed by atoms with Crippen molar-refractivity contribution < 1.29 is 9.53 Å².